The van der Waals surface area contributed by atoms with Gasteiger partial charge in [0.05, 0.1) is 16.7 Å². The van der Waals surface area contributed by atoms with Crippen molar-refractivity contribution in [3.63, 3.8) is 0 Å². The number of amides is 1. The molecule has 1 heterocycles. The molecule has 1 amide bonds. The molecule has 35 heavy (non-hydrogen) atoms. The first-order valence-electron chi connectivity index (χ1n) is 10.2. The van der Waals surface area contributed by atoms with Gasteiger partial charge in [0.1, 0.15) is 23.1 Å². The molecule has 0 aliphatic heterocycles. The Balaban J connectivity index is 1.47. The zero-order valence-corrected chi connectivity index (χ0v) is 19.0. The summed E-state index contributed by atoms with van der Waals surface area (Å²) in [6.07, 6.45) is 1.53. The van der Waals surface area contributed by atoms with E-state index in [4.69, 9.17) is 21.1 Å². The van der Waals surface area contributed by atoms with E-state index < -0.39 is 10.8 Å². The second kappa shape index (κ2) is 10.2. The molecule has 1 N–H and O–H groups in total. The molecular formula is C24H18ClFN4O5. The fourth-order valence-electron chi connectivity index (χ4n) is 3.10. The van der Waals surface area contributed by atoms with Gasteiger partial charge in [-0.25, -0.2) is 9.07 Å². The van der Waals surface area contributed by atoms with Gasteiger partial charge in [0.2, 0.25) is 0 Å². The van der Waals surface area contributed by atoms with Gasteiger partial charge in [-0.05, 0) is 61.0 Å². The monoisotopic (exact) mass is 496 g/mol. The zero-order chi connectivity index (χ0) is 24.9. The minimum atomic E-state index is -0.585. The smallest absolute Gasteiger partial charge is 0.276 e. The molecule has 0 saturated heterocycles. The summed E-state index contributed by atoms with van der Waals surface area (Å²) in [4.78, 5) is 23.5. The first-order chi connectivity index (χ1) is 16.8. The lowest BCUT2D eigenvalue weighted by atomic mass is 10.2. The van der Waals surface area contributed by atoms with Crippen LogP contribution in [0.25, 0.3) is 0 Å². The van der Waals surface area contributed by atoms with E-state index >= 15 is 0 Å². The average molecular weight is 497 g/mol. The number of nitrogens with one attached hydrogen (secondary N) is 1. The number of carbonyl (C=O) groups is 1. The lowest BCUT2D eigenvalue weighted by Crippen LogP contribution is -2.14. The standard InChI is InChI=1S/C24H18ClFN4O5/c1-15-10-16(25)2-7-23(15)35-21-12-18(11-19(13-21)30(32)33)27-24(31)22-8-9-29(28-22)14-34-20-5-3-17(26)4-6-20/h2-13H,14H2,1H3,(H,27,31). The molecular weight excluding hydrogens is 479 g/mol. The average Bonchev–Trinajstić information content (AvgIpc) is 3.30. The molecule has 0 bridgehead atoms. The van der Waals surface area contributed by atoms with Crippen LogP contribution in [-0.2, 0) is 6.73 Å². The second-order valence-corrected chi connectivity index (χ2v) is 7.84. The number of non-ortho nitro benzene ring substituents is 1. The summed E-state index contributed by atoms with van der Waals surface area (Å²) in [5, 5.41) is 18.7. The van der Waals surface area contributed by atoms with Crippen LogP contribution in [-0.4, -0.2) is 20.6 Å². The number of benzene rings is 3. The van der Waals surface area contributed by atoms with Crippen molar-refractivity contribution in [2.45, 2.75) is 13.7 Å². The maximum absolute atomic E-state index is 13.0. The van der Waals surface area contributed by atoms with Gasteiger partial charge in [0.15, 0.2) is 12.4 Å². The van der Waals surface area contributed by atoms with Gasteiger partial charge in [-0.2, -0.15) is 5.10 Å². The van der Waals surface area contributed by atoms with E-state index in [0.29, 0.717) is 16.5 Å². The van der Waals surface area contributed by atoms with Crippen molar-refractivity contribution in [2.24, 2.45) is 0 Å². The molecule has 0 saturated carbocycles. The highest BCUT2D eigenvalue weighted by Crippen LogP contribution is 2.32. The van der Waals surface area contributed by atoms with Crippen molar-refractivity contribution in [1.29, 1.82) is 0 Å². The number of aryl methyl sites for hydroxylation is 1. The molecule has 0 radical (unpaired) electrons. The largest absolute Gasteiger partial charge is 0.471 e. The maximum atomic E-state index is 13.0. The molecule has 0 fully saturated rings. The third-order valence-corrected chi connectivity index (χ3v) is 5.01. The van der Waals surface area contributed by atoms with Crippen LogP contribution in [0.2, 0.25) is 5.02 Å². The van der Waals surface area contributed by atoms with Gasteiger partial charge in [-0.1, -0.05) is 11.6 Å². The summed E-state index contributed by atoms with van der Waals surface area (Å²) >= 11 is 5.96. The number of anilines is 1. The van der Waals surface area contributed by atoms with Gasteiger partial charge in [-0.3, -0.25) is 14.9 Å². The molecule has 1 aromatic heterocycles. The van der Waals surface area contributed by atoms with Crippen LogP contribution in [0.4, 0.5) is 15.8 Å². The summed E-state index contributed by atoms with van der Waals surface area (Å²) in [7, 11) is 0. The molecule has 11 heteroatoms. The van der Waals surface area contributed by atoms with E-state index in [1.807, 2.05) is 0 Å². The molecule has 0 aliphatic carbocycles. The highest BCUT2D eigenvalue weighted by atomic mass is 35.5. The summed E-state index contributed by atoms with van der Waals surface area (Å²) < 4.78 is 25.7. The molecule has 4 aromatic rings. The van der Waals surface area contributed by atoms with Crippen LogP contribution in [0.15, 0.2) is 72.9 Å². The number of aromatic nitrogens is 2. The molecule has 3 aromatic carbocycles. The number of hydrogen-bond donors (Lipinski definition) is 1. The van der Waals surface area contributed by atoms with Crippen LogP contribution < -0.4 is 14.8 Å². The molecule has 178 valence electrons. The predicted octanol–water partition coefficient (Wildman–Crippen LogP) is 5.97. The highest BCUT2D eigenvalue weighted by molar-refractivity contribution is 6.30. The fraction of sp³-hybridized carbons (Fsp3) is 0.0833. The third kappa shape index (κ3) is 6.12. The summed E-state index contributed by atoms with van der Waals surface area (Å²) in [6.45, 7) is 1.78. The summed E-state index contributed by atoms with van der Waals surface area (Å²) in [6, 6.07) is 15.9. The Kier molecular flexibility index (Phi) is 6.93. The number of halogens is 2. The van der Waals surface area contributed by atoms with Gasteiger partial charge < -0.3 is 14.8 Å². The van der Waals surface area contributed by atoms with Gasteiger partial charge in [-0.15, -0.1) is 0 Å². The van der Waals surface area contributed by atoms with Gasteiger partial charge >= 0.3 is 0 Å². The van der Waals surface area contributed by atoms with Crippen LogP contribution in [0.1, 0.15) is 16.1 Å². The van der Waals surface area contributed by atoms with E-state index in [1.54, 1.807) is 25.1 Å². The van der Waals surface area contributed by atoms with E-state index in [9.17, 15) is 19.3 Å². The molecule has 0 spiro atoms. The van der Waals surface area contributed by atoms with Crippen LogP contribution >= 0.6 is 11.6 Å². The quantitative estimate of drug-likeness (QED) is 0.238. The van der Waals surface area contributed by atoms with Gasteiger partial charge in [0, 0.05) is 23.4 Å². The number of hydrogen-bond acceptors (Lipinski definition) is 6. The summed E-state index contributed by atoms with van der Waals surface area (Å²) in [5.41, 5.74) is 0.698. The molecule has 9 nitrogen and oxygen atoms in total. The lowest BCUT2D eigenvalue weighted by molar-refractivity contribution is -0.384. The molecule has 0 aliphatic rings. The zero-order valence-electron chi connectivity index (χ0n) is 18.3. The fourth-order valence-corrected chi connectivity index (χ4v) is 3.32. The van der Waals surface area contributed by atoms with E-state index in [1.165, 1.54) is 59.4 Å². The van der Waals surface area contributed by atoms with Crippen molar-refractivity contribution in [3.8, 4) is 17.2 Å². The van der Waals surface area contributed by atoms with Crippen LogP contribution in [0, 0.1) is 22.9 Å². The Hall–Kier alpha value is -4.44. The third-order valence-electron chi connectivity index (χ3n) is 4.78. The number of ether oxygens (including phenoxy) is 2. The van der Waals surface area contributed by atoms with E-state index in [-0.39, 0.29) is 35.4 Å². The first kappa shape index (κ1) is 23.7. The lowest BCUT2D eigenvalue weighted by Gasteiger charge is -2.11. The minimum absolute atomic E-state index is 0.00580. The number of nitrogens with zero attached hydrogens (tertiary/aromatic N) is 3. The van der Waals surface area contributed by atoms with Crippen LogP contribution in [0.3, 0.4) is 0 Å². The van der Waals surface area contributed by atoms with Crippen molar-refractivity contribution < 1.29 is 23.6 Å². The van der Waals surface area contributed by atoms with Crippen molar-refractivity contribution >= 4 is 28.9 Å². The molecule has 4 rings (SSSR count). The van der Waals surface area contributed by atoms with Crippen molar-refractivity contribution in [3.05, 3.63) is 105 Å². The van der Waals surface area contributed by atoms with Crippen molar-refractivity contribution in [2.75, 3.05) is 5.32 Å². The van der Waals surface area contributed by atoms with E-state index in [2.05, 4.69) is 10.4 Å². The number of nitro groups is 1. The maximum Gasteiger partial charge on any atom is 0.276 e. The Morgan fingerprint density at radius 2 is 1.89 bits per heavy atom. The minimum Gasteiger partial charge on any atom is -0.471 e. The summed E-state index contributed by atoms with van der Waals surface area (Å²) in [5.74, 6) is 0.103. The number of rotatable bonds is 8. The molecule has 0 unspecified atom stereocenters. The molecule has 0 atom stereocenters. The van der Waals surface area contributed by atoms with E-state index in [0.717, 1.165) is 5.56 Å². The van der Waals surface area contributed by atoms with Crippen LogP contribution in [0.5, 0.6) is 17.2 Å². The Bertz CT molecular complexity index is 1390. The topological polar surface area (TPSA) is 109 Å². The first-order valence-corrected chi connectivity index (χ1v) is 10.6. The Labute approximate surface area is 203 Å². The normalized spacial score (nSPS) is 10.6. The van der Waals surface area contributed by atoms with Gasteiger partial charge in [0.25, 0.3) is 11.6 Å². The van der Waals surface area contributed by atoms with Crippen molar-refractivity contribution in [1.82, 2.24) is 9.78 Å². The highest BCUT2D eigenvalue weighted by Gasteiger charge is 2.16. The SMILES string of the molecule is Cc1cc(Cl)ccc1Oc1cc(NC(=O)c2ccn(COc3ccc(F)cc3)n2)cc([N+](=O)[O-])c1. The predicted molar refractivity (Wildman–Crippen MR) is 127 cm³/mol. The Morgan fingerprint density at radius 1 is 1.11 bits per heavy atom. The second-order valence-electron chi connectivity index (χ2n) is 7.41. The number of carbonyl (C=O) groups excluding carboxylic acids is 1. The number of nitro benzene ring substituents is 1. The Morgan fingerprint density at radius 3 is 2.60 bits per heavy atom.